The third kappa shape index (κ3) is 2.38. The van der Waals surface area contributed by atoms with Crippen LogP contribution in [0.1, 0.15) is 18.4 Å². The fourth-order valence-electron chi connectivity index (χ4n) is 1.96. The van der Waals surface area contributed by atoms with Gasteiger partial charge in [0.1, 0.15) is 5.82 Å². The fourth-order valence-corrected chi connectivity index (χ4v) is 3.71. The van der Waals surface area contributed by atoms with Gasteiger partial charge in [0, 0.05) is 18.7 Å². The average Bonchev–Trinajstić information content (AvgIpc) is 2.86. The summed E-state index contributed by atoms with van der Waals surface area (Å²) in [5.41, 5.74) is 0.0782. The summed E-state index contributed by atoms with van der Waals surface area (Å²) in [5.74, 6) is -0.832. The molecule has 0 atom stereocenters. The fraction of sp³-hybridized carbons (Fsp3) is 0.455. The molecule has 1 aliphatic rings. The van der Waals surface area contributed by atoms with E-state index in [-0.39, 0.29) is 15.5 Å². The van der Waals surface area contributed by atoms with Gasteiger partial charge in [-0.3, -0.25) is 0 Å². The highest BCUT2D eigenvalue weighted by molar-refractivity contribution is 7.89. The first-order valence-electron chi connectivity index (χ1n) is 5.55. The molecule has 0 aromatic heterocycles. The minimum Gasteiger partial charge on any atom is -0.392 e. The van der Waals surface area contributed by atoms with Crippen LogP contribution in [0.15, 0.2) is 17.0 Å². The molecule has 1 heterocycles. The standard InChI is InChI=1S/C11H13ClFNO3S/c12-11-8(7-15)5-9(6-10(11)13)18(16,17)14-3-1-2-4-14/h5-6,15H,1-4,7H2. The van der Waals surface area contributed by atoms with Crippen molar-refractivity contribution in [1.29, 1.82) is 0 Å². The molecule has 100 valence electrons. The predicted octanol–water partition coefficient (Wildman–Crippen LogP) is 1.76. The highest BCUT2D eigenvalue weighted by atomic mass is 35.5. The molecule has 4 nitrogen and oxygen atoms in total. The van der Waals surface area contributed by atoms with E-state index in [1.807, 2.05) is 0 Å². The van der Waals surface area contributed by atoms with Crippen LogP contribution in [-0.4, -0.2) is 30.9 Å². The number of sulfonamides is 1. The maximum Gasteiger partial charge on any atom is 0.243 e. The van der Waals surface area contributed by atoms with Gasteiger partial charge in [-0.25, -0.2) is 12.8 Å². The maximum absolute atomic E-state index is 13.5. The van der Waals surface area contributed by atoms with Crippen LogP contribution >= 0.6 is 11.6 Å². The van der Waals surface area contributed by atoms with Crippen molar-refractivity contribution < 1.29 is 17.9 Å². The lowest BCUT2D eigenvalue weighted by Crippen LogP contribution is -2.28. The van der Waals surface area contributed by atoms with Crippen LogP contribution in [0.5, 0.6) is 0 Å². The van der Waals surface area contributed by atoms with Crippen LogP contribution in [0.3, 0.4) is 0 Å². The van der Waals surface area contributed by atoms with Gasteiger partial charge in [-0.05, 0) is 25.0 Å². The number of aliphatic hydroxyl groups excluding tert-OH is 1. The van der Waals surface area contributed by atoms with Gasteiger partial charge in [0.2, 0.25) is 10.0 Å². The van der Waals surface area contributed by atoms with Crippen LogP contribution in [-0.2, 0) is 16.6 Å². The summed E-state index contributed by atoms with van der Waals surface area (Å²) < 4.78 is 39.2. The Balaban J connectivity index is 2.47. The minimum absolute atomic E-state index is 0.0782. The Morgan fingerprint density at radius 1 is 1.33 bits per heavy atom. The first-order chi connectivity index (χ1) is 8.46. The SMILES string of the molecule is O=S(=O)(c1cc(F)c(Cl)c(CO)c1)N1CCCC1. The Kier molecular flexibility index (Phi) is 3.91. The number of nitrogens with zero attached hydrogens (tertiary/aromatic N) is 1. The molecule has 1 N–H and O–H groups in total. The Morgan fingerprint density at radius 2 is 1.94 bits per heavy atom. The van der Waals surface area contributed by atoms with Crippen LogP contribution in [0.4, 0.5) is 4.39 Å². The largest absolute Gasteiger partial charge is 0.392 e. The molecule has 1 aromatic rings. The minimum atomic E-state index is -3.69. The zero-order valence-corrected chi connectivity index (χ0v) is 11.1. The van der Waals surface area contributed by atoms with E-state index in [9.17, 15) is 12.8 Å². The third-order valence-electron chi connectivity index (χ3n) is 2.95. The molecule has 0 spiro atoms. The van der Waals surface area contributed by atoms with Crippen molar-refractivity contribution in [3.05, 3.63) is 28.5 Å². The summed E-state index contributed by atoms with van der Waals surface area (Å²) in [5, 5.41) is 8.80. The number of aliphatic hydroxyl groups is 1. The van der Waals surface area contributed by atoms with Crippen molar-refractivity contribution in [3.63, 3.8) is 0 Å². The van der Waals surface area contributed by atoms with E-state index in [1.165, 1.54) is 10.4 Å². The average molecular weight is 294 g/mol. The van der Waals surface area contributed by atoms with Crippen molar-refractivity contribution in [1.82, 2.24) is 4.31 Å². The highest BCUT2D eigenvalue weighted by Crippen LogP contribution is 2.27. The van der Waals surface area contributed by atoms with Gasteiger partial charge in [-0.1, -0.05) is 11.6 Å². The molecular weight excluding hydrogens is 281 g/mol. The number of hydrogen-bond acceptors (Lipinski definition) is 3. The van der Waals surface area contributed by atoms with E-state index < -0.39 is 22.4 Å². The van der Waals surface area contributed by atoms with Crippen molar-refractivity contribution in [3.8, 4) is 0 Å². The maximum atomic E-state index is 13.5. The van der Waals surface area contributed by atoms with Crippen LogP contribution in [0.2, 0.25) is 5.02 Å². The number of rotatable bonds is 3. The zero-order chi connectivity index (χ0) is 13.3. The van der Waals surface area contributed by atoms with Gasteiger partial charge in [0.25, 0.3) is 0 Å². The molecule has 1 aliphatic heterocycles. The lowest BCUT2D eigenvalue weighted by atomic mass is 10.2. The van der Waals surface area contributed by atoms with Crippen LogP contribution < -0.4 is 0 Å². The molecule has 0 unspecified atom stereocenters. The van der Waals surface area contributed by atoms with Crippen molar-refractivity contribution in [2.45, 2.75) is 24.3 Å². The van der Waals surface area contributed by atoms with Gasteiger partial charge in [-0.2, -0.15) is 4.31 Å². The molecular formula is C11H13ClFNO3S. The van der Waals surface area contributed by atoms with Crippen molar-refractivity contribution in [2.24, 2.45) is 0 Å². The van der Waals surface area contributed by atoms with Crippen molar-refractivity contribution >= 4 is 21.6 Å². The molecule has 1 fully saturated rings. The molecule has 18 heavy (non-hydrogen) atoms. The quantitative estimate of drug-likeness (QED) is 0.924. The van der Waals surface area contributed by atoms with E-state index in [1.54, 1.807) is 0 Å². The Morgan fingerprint density at radius 3 is 2.50 bits per heavy atom. The van der Waals surface area contributed by atoms with E-state index in [4.69, 9.17) is 16.7 Å². The normalized spacial score (nSPS) is 17.3. The summed E-state index contributed by atoms with van der Waals surface area (Å²) >= 11 is 5.63. The summed E-state index contributed by atoms with van der Waals surface area (Å²) in [4.78, 5) is -0.157. The molecule has 0 bridgehead atoms. The summed E-state index contributed by atoms with van der Waals surface area (Å²) in [6.07, 6.45) is 1.62. The van der Waals surface area contributed by atoms with Crippen molar-refractivity contribution in [2.75, 3.05) is 13.1 Å². The second-order valence-corrected chi connectivity index (χ2v) is 6.46. The third-order valence-corrected chi connectivity index (χ3v) is 5.25. The molecule has 0 amide bonds. The van der Waals surface area contributed by atoms with Crippen LogP contribution in [0.25, 0.3) is 0 Å². The Hall–Kier alpha value is -0.690. The van der Waals surface area contributed by atoms with E-state index in [0.29, 0.717) is 13.1 Å². The lowest BCUT2D eigenvalue weighted by molar-refractivity contribution is 0.281. The molecule has 1 saturated heterocycles. The number of benzene rings is 1. The first-order valence-corrected chi connectivity index (χ1v) is 7.37. The molecule has 0 saturated carbocycles. The Labute approximate surface area is 110 Å². The Bertz CT molecular complexity index is 556. The van der Waals surface area contributed by atoms with Gasteiger partial charge < -0.3 is 5.11 Å². The molecule has 7 heteroatoms. The lowest BCUT2D eigenvalue weighted by Gasteiger charge is -2.16. The molecule has 1 aromatic carbocycles. The molecule has 0 aliphatic carbocycles. The highest BCUT2D eigenvalue weighted by Gasteiger charge is 2.28. The number of hydrogen-bond donors (Lipinski definition) is 1. The predicted molar refractivity (Wildman–Crippen MR) is 65.3 cm³/mol. The van der Waals surface area contributed by atoms with E-state index in [2.05, 4.69) is 0 Å². The summed E-state index contributed by atoms with van der Waals surface area (Å²) in [7, 11) is -3.69. The van der Waals surface area contributed by atoms with E-state index >= 15 is 0 Å². The van der Waals surface area contributed by atoms with Gasteiger partial charge in [0.05, 0.1) is 16.5 Å². The monoisotopic (exact) mass is 293 g/mol. The van der Waals surface area contributed by atoms with Gasteiger partial charge >= 0.3 is 0 Å². The first kappa shape index (κ1) is 13.7. The summed E-state index contributed by atoms with van der Waals surface area (Å²) in [6.45, 7) is 0.390. The van der Waals surface area contributed by atoms with E-state index in [0.717, 1.165) is 18.9 Å². The zero-order valence-electron chi connectivity index (χ0n) is 9.57. The van der Waals surface area contributed by atoms with Gasteiger partial charge in [-0.15, -0.1) is 0 Å². The van der Waals surface area contributed by atoms with Crippen LogP contribution in [0, 0.1) is 5.82 Å². The smallest absolute Gasteiger partial charge is 0.243 e. The topological polar surface area (TPSA) is 57.6 Å². The second kappa shape index (κ2) is 5.13. The molecule has 2 rings (SSSR count). The van der Waals surface area contributed by atoms with Gasteiger partial charge in [0.15, 0.2) is 0 Å². The number of halogens is 2. The summed E-state index contributed by atoms with van der Waals surface area (Å²) in [6, 6.07) is 2.12. The molecule has 0 radical (unpaired) electrons. The second-order valence-electron chi connectivity index (χ2n) is 4.15.